The molecule has 3 aliphatic rings. The van der Waals surface area contributed by atoms with Crippen LogP contribution in [0.5, 0.6) is 0 Å². The van der Waals surface area contributed by atoms with Gasteiger partial charge in [-0.3, -0.25) is 14.4 Å². The molecule has 1 saturated carbocycles. The van der Waals surface area contributed by atoms with Crippen molar-refractivity contribution in [2.24, 2.45) is 5.92 Å². The Hall–Kier alpha value is -2.20. The van der Waals surface area contributed by atoms with Crippen LogP contribution in [-0.4, -0.2) is 72.0 Å². The standard InChI is InChI=1S/C28H44N4O5S/c1-28(2,27(35)30-15-17-31(18-16-30)38(3,36)37)29-25(33)23-19-22-13-9-4-5-10-14-24(22)32(26(23)34)20-21-11-7-6-8-12-21/h19,21H,4-18,20H2,1-3H3,(H,29,33). The highest BCUT2D eigenvalue weighted by atomic mass is 32.2. The maximum Gasteiger partial charge on any atom is 0.263 e. The maximum absolute atomic E-state index is 13.8. The summed E-state index contributed by atoms with van der Waals surface area (Å²) in [5.41, 5.74) is 0.803. The van der Waals surface area contributed by atoms with Crippen LogP contribution in [0, 0.1) is 5.92 Å². The number of pyridine rings is 1. The van der Waals surface area contributed by atoms with Gasteiger partial charge in [-0.1, -0.05) is 32.1 Å². The Kier molecular flexibility index (Phi) is 9.02. The molecular weight excluding hydrogens is 504 g/mol. The molecule has 0 atom stereocenters. The Bertz CT molecular complexity index is 1190. The summed E-state index contributed by atoms with van der Waals surface area (Å²) in [6.45, 7) is 4.93. The zero-order valence-corrected chi connectivity index (χ0v) is 24.1. The highest BCUT2D eigenvalue weighted by Gasteiger charge is 2.37. The molecule has 0 spiro atoms. The average molecular weight is 549 g/mol. The Morgan fingerprint density at radius 3 is 2.18 bits per heavy atom. The van der Waals surface area contributed by atoms with Crippen LogP contribution in [0.4, 0.5) is 0 Å². The average Bonchev–Trinajstić information content (AvgIpc) is 2.86. The van der Waals surface area contributed by atoms with Crippen molar-refractivity contribution in [2.45, 2.75) is 96.6 Å². The van der Waals surface area contributed by atoms with Gasteiger partial charge in [-0.05, 0) is 69.9 Å². The molecule has 1 saturated heterocycles. The number of hydrogen-bond donors (Lipinski definition) is 1. The van der Waals surface area contributed by atoms with Gasteiger partial charge in [0, 0.05) is 38.4 Å². The Labute approximate surface area is 227 Å². The third-order valence-electron chi connectivity index (χ3n) is 8.47. The first-order valence-corrected chi connectivity index (χ1v) is 16.1. The topological polar surface area (TPSA) is 109 Å². The van der Waals surface area contributed by atoms with Gasteiger partial charge in [-0.15, -0.1) is 0 Å². The third kappa shape index (κ3) is 6.68. The van der Waals surface area contributed by atoms with E-state index in [-0.39, 0.29) is 43.2 Å². The molecule has 1 aliphatic heterocycles. The Morgan fingerprint density at radius 2 is 1.55 bits per heavy atom. The monoisotopic (exact) mass is 548 g/mol. The lowest BCUT2D eigenvalue weighted by atomic mass is 9.88. The minimum absolute atomic E-state index is 0.114. The van der Waals surface area contributed by atoms with E-state index in [0.717, 1.165) is 68.9 Å². The fourth-order valence-corrected chi connectivity index (χ4v) is 7.07. The van der Waals surface area contributed by atoms with Crippen LogP contribution >= 0.6 is 0 Å². The van der Waals surface area contributed by atoms with Crippen LogP contribution in [0.1, 0.15) is 93.3 Å². The Balaban J connectivity index is 1.56. The van der Waals surface area contributed by atoms with E-state index in [0.29, 0.717) is 12.5 Å². The number of hydrogen-bond acceptors (Lipinski definition) is 5. The number of nitrogens with one attached hydrogen (secondary N) is 1. The minimum Gasteiger partial charge on any atom is -0.338 e. The van der Waals surface area contributed by atoms with E-state index in [4.69, 9.17) is 0 Å². The quantitative estimate of drug-likeness (QED) is 0.588. The van der Waals surface area contributed by atoms with E-state index in [1.807, 2.05) is 4.57 Å². The van der Waals surface area contributed by atoms with Crippen molar-refractivity contribution in [3.8, 4) is 0 Å². The van der Waals surface area contributed by atoms with Crippen molar-refractivity contribution >= 4 is 21.8 Å². The molecule has 2 amide bonds. The van der Waals surface area contributed by atoms with Gasteiger partial charge < -0.3 is 14.8 Å². The summed E-state index contributed by atoms with van der Waals surface area (Å²) in [6.07, 6.45) is 13.2. The number of carbonyl (C=O) groups is 2. The summed E-state index contributed by atoms with van der Waals surface area (Å²) in [7, 11) is -3.31. The number of sulfonamides is 1. The molecule has 4 rings (SSSR count). The summed E-state index contributed by atoms with van der Waals surface area (Å²) in [4.78, 5) is 42.3. The molecule has 2 aliphatic carbocycles. The van der Waals surface area contributed by atoms with Crippen molar-refractivity contribution < 1.29 is 18.0 Å². The van der Waals surface area contributed by atoms with E-state index in [2.05, 4.69) is 5.32 Å². The third-order valence-corrected chi connectivity index (χ3v) is 9.77. The number of carbonyl (C=O) groups excluding carboxylic acids is 2. The molecule has 38 heavy (non-hydrogen) atoms. The molecule has 9 nitrogen and oxygen atoms in total. The first kappa shape index (κ1) is 28.8. The van der Waals surface area contributed by atoms with Crippen LogP contribution < -0.4 is 10.9 Å². The molecule has 2 heterocycles. The van der Waals surface area contributed by atoms with Gasteiger partial charge in [0.2, 0.25) is 15.9 Å². The largest absolute Gasteiger partial charge is 0.338 e. The van der Waals surface area contributed by atoms with Crippen molar-refractivity contribution in [2.75, 3.05) is 32.4 Å². The number of aromatic nitrogens is 1. The van der Waals surface area contributed by atoms with Crippen molar-refractivity contribution in [1.29, 1.82) is 0 Å². The molecule has 2 fully saturated rings. The summed E-state index contributed by atoms with van der Waals surface area (Å²) in [5, 5.41) is 2.84. The summed E-state index contributed by atoms with van der Waals surface area (Å²) in [6, 6.07) is 1.78. The van der Waals surface area contributed by atoms with Crippen LogP contribution in [0.15, 0.2) is 10.9 Å². The predicted molar refractivity (Wildman–Crippen MR) is 148 cm³/mol. The molecule has 1 aromatic rings. The molecule has 10 heteroatoms. The number of nitrogens with zero attached hydrogens (tertiary/aromatic N) is 3. The second kappa shape index (κ2) is 11.9. The fourth-order valence-electron chi connectivity index (χ4n) is 6.24. The van der Waals surface area contributed by atoms with Crippen LogP contribution in [0.3, 0.4) is 0 Å². The van der Waals surface area contributed by atoms with Gasteiger partial charge in [-0.2, -0.15) is 4.31 Å². The van der Waals surface area contributed by atoms with Gasteiger partial charge in [0.15, 0.2) is 0 Å². The molecule has 0 radical (unpaired) electrons. The smallest absolute Gasteiger partial charge is 0.263 e. The summed E-state index contributed by atoms with van der Waals surface area (Å²) < 4.78 is 26.9. The van der Waals surface area contributed by atoms with Gasteiger partial charge >= 0.3 is 0 Å². The van der Waals surface area contributed by atoms with Gasteiger partial charge in [0.25, 0.3) is 11.5 Å². The van der Waals surface area contributed by atoms with E-state index in [9.17, 15) is 22.8 Å². The normalized spacial score (nSPS) is 20.3. The molecule has 1 aromatic heterocycles. The predicted octanol–water partition coefficient (Wildman–Crippen LogP) is 2.70. The van der Waals surface area contributed by atoms with E-state index < -0.39 is 21.5 Å². The first-order chi connectivity index (χ1) is 18.0. The SMILES string of the molecule is CC(C)(NC(=O)c1cc2c(n(CC3CCCCC3)c1=O)CCCCCC2)C(=O)N1CCN(S(C)(=O)=O)CC1. The molecule has 0 bridgehead atoms. The molecular formula is C28H44N4O5S. The number of fused-ring (bicyclic) bond motifs is 1. The molecule has 0 unspecified atom stereocenters. The summed E-state index contributed by atoms with van der Waals surface area (Å²) >= 11 is 0. The molecule has 1 N–H and O–H groups in total. The van der Waals surface area contributed by atoms with Crippen molar-refractivity contribution in [3.05, 3.63) is 33.2 Å². The van der Waals surface area contributed by atoms with Crippen molar-refractivity contribution in [3.63, 3.8) is 0 Å². The van der Waals surface area contributed by atoms with Gasteiger partial charge in [0.1, 0.15) is 11.1 Å². The Morgan fingerprint density at radius 1 is 0.947 bits per heavy atom. The number of rotatable bonds is 6. The van der Waals surface area contributed by atoms with Gasteiger partial charge in [-0.25, -0.2) is 8.42 Å². The maximum atomic E-state index is 13.8. The summed E-state index contributed by atoms with van der Waals surface area (Å²) in [5.74, 6) is -0.351. The minimum atomic E-state index is -3.31. The van der Waals surface area contributed by atoms with E-state index in [1.54, 1.807) is 24.8 Å². The van der Waals surface area contributed by atoms with Crippen molar-refractivity contribution in [1.82, 2.24) is 19.1 Å². The first-order valence-electron chi connectivity index (χ1n) is 14.3. The highest BCUT2D eigenvalue weighted by Crippen LogP contribution is 2.27. The van der Waals surface area contributed by atoms with Crippen LogP contribution in [0.2, 0.25) is 0 Å². The lowest BCUT2D eigenvalue weighted by Crippen LogP contribution is -2.60. The zero-order chi connectivity index (χ0) is 27.5. The van der Waals surface area contributed by atoms with E-state index >= 15 is 0 Å². The fraction of sp³-hybridized carbons (Fsp3) is 0.750. The molecule has 212 valence electrons. The zero-order valence-electron chi connectivity index (χ0n) is 23.3. The number of amides is 2. The second-order valence-electron chi connectivity index (χ2n) is 11.9. The number of piperazine rings is 1. The number of aryl methyl sites for hydroxylation is 1. The van der Waals surface area contributed by atoms with Gasteiger partial charge in [0.05, 0.1) is 6.26 Å². The lowest BCUT2D eigenvalue weighted by molar-refractivity contribution is -0.138. The second-order valence-corrected chi connectivity index (χ2v) is 13.9. The molecule has 0 aromatic carbocycles. The van der Waals surface area contributed by atoms with Crippen LogP contribution in [0.25, 0.3) is 0 Å². The lowest BCUT2D eigenvalue weighted by Gasteiger charge is -2.38. The van der Waals surface area contributed by atoms with Crippen LogP contribution in [-0.2, 0) is 34.2 Å². The van der Waals surface area contributed by atoms with E-state index in [1.165, 1.54) is 23.6 Å². The highest BCUT2D eigenvalue weighted by molar-refractivity contribution is 7.88.